The van der Waals surface area contributed by atoms with Crippen molar-refractivity contribution in [3.8, 4) is 5.75 Å². The molecule has 0 fully saturated rings. The Bertz CT molecular complexity index is 1210. The fourth-order valence-corrected chi connectivity index (χ4v) is 5.85. The Morgan fingerprint density at radius 1 is 1.26 bits per heavy atom. The Morgan fingerprint density at radius 3 is 2.87 bits per heavy atom. The highest BCUT2D eigenvalue weighted by atomic mass is 79.9. The van der Waals surface area contributed by atoms with Crippen LogP contribution in [0, 0.1) is 0 Å². The molecule has 1 aliphatic carbocycles. The van der Waals surface area contributed by atoms with Gasteiger partial charge in [0.05, 0.1) is 19.0 Å². The van der Waals surface area contributed by atoms with Gasteiger partial charge < -0.3 is 15.0 Å². The number of hydrogen-bond donors (Lipinski definition) is 2. The Labute approximate surface area is 190 Å². The van der Waals surface area contributed by atoms with E-state index in [4.69, 9.17) is 10.5 Å². The average molecular weight is 508 g/mol. The highest BCUT2D eigenvalue weighted by Gasteiger charge is 2.21. The molecule has 0 radical (unpaired) electrons. The van der Waals surface area contributed by atoms with E-state index in [-0.39, 0.29) is 4.90 Å². The molecule has 8 nitrogen and oxygen atoms in total. The molecule has 3 N–H and O–H groups in total. The number of nitrogens with two attached hydrogens (primary N) is 1. The average Bonchev–Trinajstić information content (AvgIpc) is 3.18. The molecule has 0 amide bonds. The van der Waals surface area contributed by atoms with Gasteiger partial charge in [0, 0.05) is 23.3 Å². The molecule has 2 aromatic heterocycles. The molecule has 3 aromatic rings. The fraction of sp³-hybridized carbons (Fsp3) is 0.429. The van der Waals surface area contributed by atoms with Gasteiger partial charge in [0.15, 0.2) is 5.82 Å². The van der Waals surface area contributed by atoms with Crippen LogP contribution in [0.5, 0.6) is 5.75 Å². The smallest absolute Gasteiger partial charge is 0.244 e. The number of ether oxygens (including phenoxy) is 1. The number of imidazole rings is 1. The molecular weight excluding hydrogens is 482 g/mol. The minimum atomic E-state index is -3.66. The van der Waals surface area contributed by atoms with Crippen LogP contribution in [0.25, 0.3) is 11.0 Å². The van der Waals surface area contributed by atoms with Crippen molar-refractivity contribution in [3.63, 3.8) is 0 Å². The number of pyridine rings is 1. The third kappa shape index (κ3) is 4.56. The number of nitrogens with zero attached hydrogens (tertiary/aromatic N) is 3. The van der Waals surface area contributed by atoms with Gasteiger partial charge in [-0.05, 0) is 62.3 Å². The van der Waals surface area contributed by atoms with Crippen LogP contribution in [0.2, 0.25) is 0 Å². The van der Waals surface area contributed by atoms with Gasteiger partial charge in [-0.25, -0.2) is 23.1 Å². The number of halogens is 1. The van der Waals surface area contributed by atoms with Crippen molar-refractivity contribution in [1.82, 2.24) is 19.3 Å². The summed E-state index contributed by atoms with van der Waals surface area (Å²) in [6, 6.07) is 4.92. The predicted octanol–water partition coefficient (Wildman–Crippen LogP) is 3.42. The number of aromatic nitrogens is 3. The first-order valence-electron chi connectivity index (χ1n) is 10.4. The van der Waals surface area contributed by atoms with Crippen LogP contribution in [0.15, 0.2) is 33.9 Å². The van der Waals surface area contributed by atoms with Gasteiger partial charge >= 0.3 is 0 Å². The summed E-state index contributed by atoms with van der Waals surface area (Å²) in [5, 5.41) is 0. The summed E-state index contributed by atoms with van der Waals surface area (Å²) in [6.07, 6.45) is 7.56. The van der Waals surface area contributed by atoms with Crippen LogP contribution in [-0.4, -0.2) is 36.6 Å². The van der Waals surface area contributed by atoms with Crippen molar-refractivity contribution in [2.24, 2.45) is 0 Å². The molecular formula is C21H26BrN5O3S. The van der Waals surface area contributed by atoms with Crippen molar-refractivity contribution in [2.45, 2.75) is 50.0 Å². The first-order chi connectivity index (χ1) is 14.9. The second-order valence-electron chi connectivity index (χ2n) is 7.66. The molecule has 2 heterocycles. The maximum absolute atomic E-state index is 12.7. The SMILES string of the molecule is COc1ccc(Br)cc1S(=O)(=O)NCCCCn1cnc2c(N)nc3c(c21)CCCC3. The van der Waals surface area contributed by atoms with E-state index in [0.29, 0.717) is 29.0 Å². The number of sulfonamides is 1. The van der Waals surface area contributed by atoms with Crippen molar-refractivity contribution in [3.05, 3.63) is 40.3 Å². The normalized spacial score (nSPS) is 14.0. The van der Waals surface area contributed by atoms with E-state index >= 15 is 0 Å². The summed E-state index contributed by atoms with van der Waals surface area (Å²) >= 11 is 3.31. The molecule has 0 spiro atoms. The van der Waals surface area contributed by atoms with Crippen LogP contribution in [-0.2, 0) is 29.4 Å². The molecule has 1 aromatic carbocycles. The summed E-state index contributed by atoms with van der Waals surface area (Å²) in [5.41, 5.74) is 10.3. The van der Waals surface area contributed by atoms with Crippen molar-refractivity contribution >= 4 is 42.8 Å². The lowest BCUT2D eigenvalue weighted by Crippen LogP contribution is -2.25. The lowest BCUT2D eigenvalue weighted by molar-refractivity contribution is 0.402. The number of aryl methyl sites for hydroxylation is 3. The Balaban J connectivity index is 1.40. The monoisotopic (exact) mass is 507 g/mol. The molecule has 0 atom stereocenters. The lowest BCUT2D eigenvalue weighted by atomic mass is 9.95. The van der Waals surface area contributed by atoms with E-state index in [1.54, 1.807) is 18.2 Å². The number of rotatable bonds is 8. The molecule has 0 saturated carbocycles. The van der Waals surface area contributed by atoms with Gasteiger partial charge in [-0.3, -0.25) is 0 Å². The molecule has 0 unspecified atom stereocenters. The van der Waals surface area contributed by atoms with Gasteiger partial charge in [-0.1, -0.05) is 15.9 Å². The zero-order valence-electron chi connectivity index (χ0n) is 17.4. The number of unbranched alkanes of at least 4 members (excludes halogenated alkanes) is 1. The van der Waals surface area contributed by atoms with Crippen LogP contribution < -0.4 is 15.2 Å². The van der Waals surface area contributed by atoms with Crippen LogP contribution >= 0.6 is 15.9 Å². The highest BCUT2D eigenvalue weighted by molar-refractivity contribution is 9.10. The fourth-order valence-electron chi connectivity index (χ4n) is 4.07. The number of nitrogen functional groups attached to an aromatic ring is 1. The van der Waals surface area contributed by atoms with Crippen molar-refractivity contribution in [1.29, 1.82) is 0 Å². The summed E-state index contributed by atoms with van der Waals surface area (Å²) in [5.74, 6) is 0.807. The zero-order valence-corrected chi connectivity index (χ0v) is 19.8. The third-order valence-corrected chi connectivity index (χ3v) is 7.57. The van der Waals surface area contributed by atoms with Gasteiger partial charge in [0.1, 0.15) is 16.2 Å². The van der Waals surface area contributed by atoms with Crippen LogP contribution in [0.3, 0.4) is 0 Å². The first-order valence-corrected chi connectivity index (χ1v) is 12.6. The molecule has 10 heteroatoms. The van der Waals surface area contributed by atoms with E-state index in [0.717, 1.165) is 55.4 Å². The van der Waals surface area contributed by atoms with Crippen molar-refractivity contribution < 1.29 is 13.2 Å². The summed E-state index contributed by atoms with van der Waals surface area (Å²) < 4.78 is 36.0. The molecule has 166 valence electrons. The van der Waals surface area contributed by atoms with E-state index in [9.17, 15) is 8.42 Å². The topological polar surface area (TPSA) is 112 Å². The standard InChI is InChI=1S/C21H26BrN5O3S/c1-30-17-9-8-14(22)12-18(17)31(28,29)25-10-4-5-11-27-13-24-19-20(27)15-6-2-3-7-16(15)26-21(19)23/h8-9,12-13,25H,2-7,10-11H2,1H3,(H2,23,26). The predicted molar refractivity (Wildman–Crippen MR) is 124 cm³/mol. The molecule has 0 bridgehead atoms. The molecule has 0 saturated heterocycles. The third-order valence-electron chi connectivity index (χ3n) is 5.59. The molecule has 31 heavy (non-hydrogen) atoms. The Morgan fingerprint density at radius 2 is 2.06 bits per heavy atom. The Hall–Kier alpha value is -2.17. The quantitative estimate of drug-likeness (QED) is 0.451. The van der Waals surface area contributed by atoms with Gasteiger partial charge in [-0.2, -0.15) is 0 Å². The number of benzene rings is 1. The number of hydrogen-bond acceptors (Lipinski definition) is 6. The second kappa shape index (κ2) is 9.13. The summed E-state index contributed by atoms with van der Waals surface area (Å²) in [6.45, 7) is 1.08. The maximum atomic E-state index is 12.7. The minimum Gasteiger partial charge on any atom is -0.495 e. The van der Waals surface area contributed by atoms with Gasteiger partial charge in [-0.15, -0.1) is 0 Å². The zero-order chi connectivity index (χ0) is 22.0. The lowest BCUT2D eigenvalue weighted by Gasteiger charge is -2.18. The van der Waals surface area contributed by atoms with Gasteiger partial charge in [0.2, 0.25) is 10.0 Å². The number of nitrogens with one attached hydrogen (secondary N) is 1. The number of methoxy groups -OCH3 is 1. The number of fused-ring (bicyclic) bond motifs is 3. The largest absolute Gasteiger partial charge is 0.495 e. The molecule has 1 aliphatic rings. The highest BCUT2D eigenvalue weighted by Crippen LogP contribution is 2.30. The first kappa shape index (κ1) is 22.0. The van der Waals surface area contributed by atoms with Crippen LogP contribution in [0.1, 0.15) is 36.9 Å². The van der Waals surface area contributed by atoms with E-state index < -0.39 is 10.0 Å². The number of anilines is 1. The summed E-state index contributed by atoms with van der Waals surface area (Å²) in [7, 11) is -2.20. The van der Waals surface area contributed by atoms with Crippen molar-refractivity contribution in [2.75, 3.05) is 19.4 Å². The minimum absolute atomic E-state index is 0.125. The van der Waals surface area contributed by atoms with E-state index in [1.165, 1.54) is 12.7 Å². The van der Waals surface area contributed by atoms with Gasteiger partial charge in [0.25, 0.3) is 0 Å². The second-order valence-corrected chi connectivity index (χ2v) is 10.3. The van der Waals surface area contributed by atoms with E-state index in [2.05, 4.69) is 35.2 Å². The summed E-state index contributed by atoms with van der Waals surface area (Å²) in [4.78, 5) is 9.15. The Kier molecular flexibility index (Phi) is 6.49. The van der Waals surface area contributed by atoms with Crippen LogP contribution in [0.4, 0.5) is 5.82 Å². The maximum Gasteiger partial charge on any atom is 0.244 e. The molecule has 4 rings (SSSR count). The van der Waals surface area contributed by atoms with E-state index in [1.807, 2.05) is 6.33 Å². The molecule has 0 aliphatic heterocycles.